The second-order valence-corrected chi connectivity index (χ2v) is 9.50. The summed E-state index contributed by atoms with van der Waals surface area (Å²) in [7, 11) is -3.72. The summed E-state index contributed by atoms with van der Waals surface area (Å²) in [5.41, 5.74) is 4.11. The number of nitrogens with zero attached hydrogens (tertiary/aromatic N) is 2. The first-order chi connectivity index (χ1) is 15.1. The van der Waals surface area contributed by atoms with Gasteiger partial charge < -0.3 is 9.30 Å². The Morgan fingerprint density at radius 3 is 2.22 bits per heavy atom. The second-order valence-electron chi connectivity index (χ2n) is 7.60. The van der Waals surface area contributed by atoms with Crippen LogP contribution in [0.25, 0.3) is 5.69 Å². The van der Waals surface area contributed by atoms with Gasteiger partial charge in [-0.05, 0) is 50.6 Å². The first-order valence-corrected chi connectivity index (χ1v) is 11.9. The number of carbonyl (C=O) groups is 2. The fraction of sp³-hybridized carbons (Fsp3) is 0.250. The molecule has 0 unspecified atom stereocenters. The first kappa shape index (κ1) is 23.3. The molecule has 2 aromatic carbocycles. The van der Waals surface area contributed by atoms with Crippen LogP contribution in [0.5, 0.6) is 0 Å². The summed E-state index contributed by atoms with van der Waals surface area (Å²) in [5, 5.41) is 0. The van der Waals surface area contributed by atoms with Gasteiger partial charge in [-0.15, -0.1) is 0 Å². The highest BCUT2D eigenvalue weighted by molar-refractivity contribution is 7.92. The van der Waals surface area contributed by atoms with Gasteiger partial charge in [-0.2, -0.15) is 0 Å². The van der Waals surface area contributed by atoms with Crippen molar-refractivity contribution in [2.75, 3.05) is 23.7 Å². The number of carbonyl (C=O) groups excluding carboxylic acids is 2. The fourth-order valence-corrected chi connectivity index (χ4v) is 4.53. The van der Waals surface area contributed by atoms with Gasteiger partial charge in [-0.25, -0.2) is 8.42 Å². The summed E-state index contributed by atoms with van der Waals surface area (Å²) in [6, 6.07) is 18.2. The Balaban J connectivity index is 1.72. The Bertz CT molecular complexity index is 1250. The maximum Gasteiger partial charge on any atom is 0.327 e. The summed E-state index contributed by atoms with van der Waals surface area (Å²) >= 11 is 0. The minimum Gasteiger partial charge on any atom is -0.456 e. The van der Waals surface area contributed by atoms with Crippen LogP contribution >= 0.6 is 0 Å². The number of sulfonamides is 1. The minimum atomic E-state index is -3.72. The molecule has 3 rings (SSSR count). The average Bonchev–Trinajstić information content (AvgIpc) is 3.04. The Morgan fingerprint density at radius 1 is 0.969 bits per heavy atom. The summed E-state index contributed by atoms with van der Waals surface area (Å²) in [5.74, 6) is -1.15. The highest BCUT2D eigenvalue weighted by Crippen LogP contribution is 2.23. The highest BCUT2D eigenvalue weighted by Gasteiger charge is 2.24. The first-order valence-electron chi connectivity index (χ1n) is 10.1. The lowest BCUT2D eigenvalue weighted by Crippen LogP contribution is -2.36. The Kier molecular flexibility index (Phi) is 6.84. The lowest BCUT2D eigenvalue weighted by molar-refractivity contribution is -0.140. The van der Waals surface area contributed by atoms with Crippen LogP contribution in [0.3, 0.4) is 0 Å². The van der Waals surface area contributed by atoms with Crippen molar-refractivity contribution in [2.45, 2.75) is 20.8 Å². The molecule has 32 heavy (non-hydrogen) atoms. The third kappa shape index (κ3) is 5.08. The quantitative estimate of drug-likeness (QED) is 0.384. The topological polar surface area (TPSA) is 85.7 Å². The molecule has 1 aromatic heterocycles. The number of rotatable bonds is 8. The van der Waals surface area contributed by atoms with E-state index in [1.807, 2.05) is 48.7 Å². The number of Topliss-reactive ketones (excluding diaryl/α,β-unsaturated/α-hetero) is 1. The van der Waals surface area contributed by atoms with Gasteiger partial charge in [-0.1, -0.05) is 36.4 Å². The van der Waals surface area contributed by atoms with Gasteiger partial charge in [0, 0.05) is 22.6 Å². The predicted molar refractivity (Wildman–Crippen MR) is 124 cm³/mol. The van der Waals surface area contributed by atoms with Crippen LogP contribution in [-0.2, 0) is 19.6 Å². The largest absolute Gasteiger partial charge is 0.456 e. The van der Waals surface area contributed by atoms with Crippen molar-refractivity contribution in [3.63, 3.8) is 0 Å². The summed E-state index contributed by atoms with van der Waals surface area (Å²) in [4.78, 5) is 25.2. The van der Waals surface area contributed by atoms with E-state index in [2.05, 4.69) is 0 Å². The number of ether oxygens (including phenoxy) is 1. The molecule has 0 amide bonds. The smallest absolute Gasteiger partial charge is 0.327 e. The Morgan fingerprint density at radius 2 is 1.59 bits per heavy atom. The SMILES string of the molecule is Cc1ccccc1N(CC(=O)OCC(=O)c1cc(C)n(-c2ccccc2)c1C)S(C)(=O)=O. The molecular weight excluding hydrogens is 428 g/mol. The maximum atomic E-state index is 12.8. The zero-order chi connectivity index (χ0) is 23.5. The third-order valence-corrected chi connectivity index (χ3v) is 6.29. The van der Waals surface area contributed by atoms with E-state index in [9.17, 15) is 18.0 Å². The zero-order valence-electron chi connectivity index (χ0n) is 18.5. The van der Waals surface area contributed by atoms with Crippen LogP contribution < -0.4 is 4.31 Å². The summed E-state index contributed by atoms with van der Waals surface area (Å²) in [6.45, 7) is 4.50. The lowest BCUT2D eigenvalue weighted by atomic mass is 10.1. The molecule has 0 aliphatic rings. The molecule has 0 N–H and O–H groups in total. The van der Waals surface area contributed by atoms with Gasteiger partial charge >= 0.3 is 5.97 Å². The summed E-state index contributed by atoms with van der Waals surface area (Å²) in [6.07, 6.45) is 1.02. The van der Waals surface area contributed by atoms with E-state index in [-0.39, 0.29) is 5.78 Å². The van der Waals surface area contributed by atoms with Gasteiger partial charge in [0.05, 0.1) is 11.9 Å². The molecular formula is C24H26N2O5S. The molecule has 0 aliphatic heterocycles. The predicted octanol–water partition coefficient (Wildman–Crippen LogP) is 3.59. The van der Waals surface area contributed by atoms with E-state index in [0.29, 0.717) is 16.8 Å². The van der Waals surface area contributed by atoms with Crippen LogP contribution in [0.1, 0.15) is 27.3 Å². The van der Waals surface area contributed by atoms with E-state index in [0.717, 1.165) is 27.6 Å². The second kappa shape index (κ2) is 9.40. The monoisotopic (exact) mass is 454 g/mol. The normalized spacial score (nSPS) is 11.2. The molecule has 3 aromatic rings. The minimum absolute atomic E-state index is 0.351. The molecule has 0 bridgehead atoms. The van der Waals surface area contributed by atoms with Crippen LogP contribution in [0, 0.1) is 20.8 Å². The number of aromatic nitrogens is 1. The lowest BCUT2D eigenvalue weighted by Gasteiger charge is -2.23. The molecule has 0 fully saturated rings. The number of esters is 1. The van der Waals surface area contributed by atoms with E-state index >= 15 is 0 Å². The average molecular weight is 455 g/mol. The molecule has 8 heteroatoms. The highest BCUT2D eigenvalue weighted by atomic mass is 32.2. The van der Waals surface area contributed by atoms with E-state index in [4.69, 9.17) is 4.74 Å². The number of para-hydroxylation sites is 2. The molecule has 168 valence electrons. The number of hydrogen-bond donors (Lipinski definition) is 0. The van der Waals surface area contributed by atoms with Crippen LogP contribution in [0.4, 0.5) is 5.69 Å². The number of ketones is 1. The van der Waals surface area contributed by atoms with E-state index in [1.165, 1.54) is 0 Å². The number of anilines is 1. The van der Waals surface area contributed by atoms with Crippen LogP contribution in [0.2, 0.25) is 0 Å². The van der Waals surface area contributed by atoms with Crippen molar-refractivity contribution >= 4 is 27.5 Å². The van der Waals surface area contributed by atoms with Crippen molar-refractivity contribution in [1.82, 2.24) is 4.57 Å². The zero-order valence-corrected chi connectivity index (χ0v) is 19.3. The fourth-order valence-electron chi connectivity index (χ4n) is 3.63. The molecule has 1 heterocycles. The van der Waals surface area contributed by atoms with Gasteiger partial charge in [0.15, 0.2) is 6.61 Å². The number of aryl methyl sites for hydroxylation is 2. The Labute approximate surface area is 188 Å². The van der Waals surface area contributed by atoms with Gasteiger partial charge in [-0.3, -0.25) is 13.9 Å². The van der Waals surface area contributed by atoms with Crippen molar-refractivity contribution in [3.05, 3.63) is 83.2 Å². The van der Waals surface area contributed by atoms with Crippen LogP contribution in [-0.4, -0.2) is 44.1 Å². The standard InChI is InChI=1S/C24H26N2O5S/c1-17-10-8-9-13-22(17)25(32(4,29)30)15-24(28)31-16-23(27)21-14-18(2)26(19(21)3)20-11-6-5-7-12-20/h5-14H,15-16H2,1-4H3. The van der Waals surface area contributed by atoms with E-state index in [1.54, 1.807) is 37.3 Å². The molecule has 7 nitrogen and oxygen atoms in total. The molecule has 0 saturated heterocycles. The van der Waals surface area contributed by atoms with Gasteiger partial charge in [0.25, 0.3) is 0 Å². The number of hydrogen-bond acceptors (Lipinski definition) is 5. The van der Waals surface area contributed by atoms with Crippen molar-refractivity contribution in [3.8, 4) is 5.69 Å². The Hall–Kier alpha value is -3.39. The van der Waals surface area contributed by atoms with Crippen molar-refractivity contribution in [2.24, 2.45) is 0 Å². The molecule has 0 spiro atoms. The molecule has 0 aliphatic carbocycles. The number of benzene rings is 2. The third-order valence-electron chi connectivity index (χ3n) is 5.17. The van der Waals surface area contributed by atoms with Gasteiger partial charge in [0.1, 0.15) is 6.54 Å². The van der Waals surface area contributed by atoms with Crippen molar-refractivity contribution < 1.29 is 22.7 Å². The summed E-state index contributed by atoms with van der Waals surface area (Å²) < 4.78 is 32.6. The van der Waals surface area contributed by atoms with Crippen LogP contribution in [0.15, 0.2) is 60.7 Å². The molecule has 0 atom stereocenters. The molecule has 0 radical (unpaired) electrons. The molecule has 0 saturated carbocycles. The van der Waals surface area contributed by atoms with E-state index < -0.39 is 29.1 Å². The van der Waals surface area contributed by atoms with Gasteiger partial charge in [0.2, 0.25) is 15.8 Å². The maximum absolute atomic E-state index is 12.8. The van der Waals surface area contributed by atoms with Crippen molar-refractivity contribution in [1.29, 1.82) is 0 Å².